The first-order valence-electron chi connectivity index (χ1n) is 6.38. The van der Waals surface area contributed by atoms with Crippen LogP contribution in [0.2, 0.25) is 0 Å². The van der Waals surface area contributed by atoms with E-state index in [2.05, 4.69) is 21.1 Å². The summed E-state index contributed by atoms with van der Waals surface area (Å²) in [5.41, 5.74) is 7.35. The fraction of sp³-hybridized carbons (Fsp3) is 0.133. The zero-order chi connectivity index (χ0) is 15.4. The van der Waals surface area contributed by atoms with Gasteiger partial charge in [-0.05, 0) is 37.3 Å². The van der Waals surface area contributed by atoms with E-state index in [9.17, 15) is 4.39 Å². The molecule has 0 unspecified atom stereocenters. The summed E-state index contributed by atoms with van der Waals surface area (Å²) in [6, 6.07) is 11.8. The van der Waals surface area contributed by atoms with Crippen LogP contribution in [0.1, 0.15) is 12.5 Å². The predicted octanol–water partition coefficient (Wildman–Crippen LogP) is 3.84. The van der Waals surface area contributed by atoms with Gasteiger partial charge in [0, 0.05) is 16.6 Å². The Balaban J connectivity index is 2.62. The average Bonchev–Trinajstić information content (AvgIpc) is 2.49. The lowest BCUT2D eigenvalue weighted by Gasteiger charge is -2.26. The molecule has 2 aromatic rings. The Labute approximate surface area is 130 Å². The van der Waals surface area contributed by atoms with Crippen LogP contribution < -0.4 is 10.6 Å². The van der Waals surface area contributed by atoms with Gasteiger partial charge in [-0.25, -0.2) is 4.39 Å². The van der Waals surface area contributed by atoms with Gasteiger partial charge in [-0.2, -0.15) is 0 Å². The highest BCUT2D eigenvalue weighted by Crippen LogP contribution is 2.32. The van der Waals surface area contributed by atoms with Crippen molar-refractivity contribution < 1.29 is 9.60 Å². The molecule has 0 spiro atoms. The highest BCUT2D eigenvalue weighted by atomic mass is 79.9. The standard InChI is InChI=1S/C15H15BrFN3O/c1-2-20(13-6-4-3-5-12(13)17)14-9-10(16)7-8-11(14)15(18)19-21/h3-9,21H,2H2,1H3,(H2,18,19). The number of hydrogen-bond acceptors (Lipinski definition) is 3. The number of halogens is 2. The highest BCUT2D eigenvalue weighted by molar-refractivity contribution is 9.10. The maximum absolute atomic E-state index is 14.1. The van der Waals surface area contributed by atoms with Crippen LogP contribution in [0.4, 0.5) is 15.8 Å². The normalized spacial score (nSPS) is 11.5. The first kappa shape index (κ1) is 15.3. The van der Waals surface area contributed by atoms with Gasteiger partial charge in [-0.15, -0.1) is 0 Å². The van der Waals surface area contributed by atoms with E-state index in [1.807, 2.05) is 13.0 Å². The van der Waals surface area contributed by atoms with Crippen LogP contribution in [0.25, 0.3) is 0 Å². The highest BCUT2D eigenvalue weighted by Gasteiger charge is 2.17. The monoisotopic (exact) mass is 351 g/mol. The van der Waals surface area contributed by atoms with Crippen molar-refractivity contribution in [3.05, 3.63) is 58.3 Å². The van der Waals surface area contributed by atoms with Crippen molar-refractivity contribution in [1.82, 2.24) is 0 Å². The van der Waals surface area contributed by atoms with E-state index in [1.165, 1.54) is 6.07 Å². The van der Waals surface area contributed by atoms with Gasteiger partial charge in [0.05, 0.1) is 11.4 Å². The number of amidine groups is 1. The van der Waals surface area contributed by atoms with E-state index in [0.717, 1.165) is 4.47 Å². The Morgan fingerprint density at radius 2 is 2.00 bits per heavy atom. The predicted molar refractivity (Wildman–Crippen MR) is 85.7 cm³/mol. The van der Waals surface area contributed by atoms with Gasteiger partial charge in [-0.1, -0.05) is 33.2 Å². The van der Waals surface area contributed by atoms with Gasteiger partial charge in [0.25, 0.3) is 0 Å². The van der Waals surface area contributed by atoms with Crippen molar-refractivity contribution in [2.75, 3.05) is 11.4 Å². The summed E-state index contributed by atoms with van der Waals surface area (Å²) < 4.78 is 14.9. The fourth-order valence-electron chi connectivity index (χ4n) is 2.14. The van der Waals surface area contributed by atoms with Gasteiger partial charge in [0.15, 0.2) is 5.84 Å². The van der Waals surface area contributed by atoms with Crippen LogP contribution in [0.3, 0.4) is 0 Å². The molecule has 2 aromatic carbocycles. The van der Waals surface area contributed by atoms with Crippen LogP contribution in [0.15, 0.2) is 52.1 Å². The van der Waals surface area contributed by atoms with Crippen molar-refractivity contribution in [2.24, 2.45) is 10.9 Å². The van der Waals surface area contributed by atoms with Crippen molar-refractivity contribution in [2.45, 2.75) is 6.92 Å². The van der Waals surface area contributed by atoms with Gasteiger partial charge in [0.2, 0.25) is 0 Å². The molecule has 6 heteroatoms. The smallest absolute Gasteiger partial charge is 0.172 e. The SMILES string of the molecule is CCN(c1ccccc1F)c1cc(Br)ccc1/C(N)=N/O. The summed E-state index contributed by atoms with van der Waals surface area (Å²) in [4.78, 5) is 1.77. The third-order valence-corrected chi connectivity index (χ3v) is 3.59. The molecule has 0 saturated heterocycles. The number of hydrogen-bond donors (Lipinski definition) is 2. The molecule has 0 aliphatic carbocycles. The zero-order valence-electron chi connectivity index (χ0n) is 11.4. The number of nitrogens with two attached hydrogens (primary N) is 1. The Hall–Kier alpha value is -2.08. The summed E-state index contributed by atoms with van der Waals surface area (Å²) in [7, 11) is 0. The van der Waals surface area contributed by atoms with Gasteiger partial charge >= 0.3 is 0 Å². The maximum Gasteiger partial charge on any atom is 0.172 e. The van der Waals surface area contributed by atoms with E-state index in [0.29, 0.717) is 23.5 Å². The minimum Gasteiger partial charge on any atom is -0.409 e. The van der Waals surface area contributed by atoms with Crippen LogP contribution in [0, 0.1) is 5.82 Å². The van der Waals surface area contributed by atoms with Gasteiger partial charge < -0.3 is 15.8 Å². The molecule has 0 amide bonds. The number of oxime groups is 1. The maximum atomic E-state index is 14.1. The molecule has 3 N–H and O–H groups in total. The summed E-state index contributed by atoms with van der Waals surface area (Å²) in [5.74, 6) is -0.350. The molecule has 0 aliphatic heterocycles. The lowest BCUT2D eigenvalue weighted by atomic mass is 10.1. The van der Waals surface area contributed by atoms with Gasteiger partial charge in [-0.3, -0.25) is 0 Å². The molecule has 110 valence electrons. The van der Waals surface area contributed by atoms with Crippen LogP contribution in [0.5, 0.6) is 0 Å². The zero-order valence-corrected chi connectivity index (χ0v) is 13.0. The average molecular weight is 352 g/mol. The van der Waals surface area contributed by atoms with Crippen LogP contribution in [-0.2, 0) is 0 Å². The Kier molecular flexibility index (Phi) is 4.80. The third-order valence-electron chi connectivity index (χ3n) is 3.09. The topological polar surface area (TPSA) is 61.8 Å². The van der Waals surface area contributed by atoms with Gasteiger partial charge in [0.1, 0.15) is 5.82 Å². The van der Waals surface area contributed by atoms with Crippen molar-refractivity contribution in [3.8, 4) is 0 Å². The second-order valence-corrected chi connectivity index (χ2v) is 5.26. The first-order chi connectivity index (χ1) is 10.1. The number of benzene rings is 2. The minimum atomic E-state index is -0.329. The molecule has 2 rings (SSSR count). The number of rotatable bonds is 4. The van der Waals surface area contributed by atoms with Crippen molar-refractivity contribution in [1.29, 1.82) is 0 Å². The Bertz CT molecular complexity index is 676. The van der Waals surface area contributed by atoms with E-state index in [4.69, 9.17) is 10.9 Å². The summed E-state index contributed by atoms with van der Waals surface area (Å²) >= 11 is 3.39. The molecule has 0 saturated carbocycles. The molecule has 0 aliphatic rings. The van der Waals surface area contributed by atoms with Crippen molar-refractivity contribution >= 4 is 33.1 Å². The van der Waals surface area contributed by atoms with E-state index in [-0.39, 0.29) is 11.7 Å². The molecule has 0 bridgehead atoms. The molecular weight excluding hydrogens is 337 g/mol. The van der Waals surface area contributed by atoms with E-state index >= 15 is 0 Å². The first-order valence-corrected chi connectivity index (χ1v) is 7.17. The molecule has 21 heavy (non-hydrogen) atoms. The molecule has 0 radical (unpaired) electrons. The molecule has 0 fully saturated rings. The quantitative estimate of drug-likeness (QED) is 0.380. The number of nitrogens with zero attached hydrogens (tertiary/aromatic N) is 2. The van der Waals surface area contributed by atoms with Crippen LogP contribution in [-0.4, -0.2) is 17.6 Å². The summed E-state index contributed by atoms with van der Waals surface area (Å²) in [5, 5.41) is 12.0. The lowest BCUT2D eigenvalue weighted by Crippen LogP contribution is -2.23. The summed E-state index contributed by atoms with van der Waals surface area (Å²) in [6.07, 6.45) is 0. The van der Waals surface area contributed by atoms with Crippen molar-refractivity contribution in [3.63, 3.8) is 0 Å². The van der Waals surface area contributed by atoms with E-state index in [1.54, 1.807) is 35.2 Å². The molecule has 4 nitrogen and oxygen atoms in total. The second kappa shape index (κ2) is 6.58. The Morgan fingerprint density at radius 1 is 1.29 bits per heavy atom. The molecule has 0 aromatic heterocycles. The largest absolute Gasteiger partial charge is 0.409 e. The second-order valence-electron chi connectivity index (χ2n) is 4.34. The van der Waals surface area contributed by atoms with E-state index < -0.39 is 0 Å². The molecule has 0 atom stereocenters. The number of para-hydroxylation sites is 1. The third kappa shape index (κ3) is 3.16. The lowest BCUT2D eigenvalue weighted by molar-refractivity contribution is 0.318. The number of anilines is 2. The minimum absolute atomic E-state index is 0.0210. The molecular formula is C15H15BrFN3O. The fourth-order valence-corrected chi connectivity index (χ4v) is 2.49. The van der Waals surface area contributed by atoms with Crippen LogP contribution >= 0.6 is 15.9 Å². The summed E-state index contributed by atoms with van der Waals surface area (Å²) in [6.45, 7) is 2.44. The Morgan fingerprint density at radius 3 is 2.62 bits per heavy atom. The molecule has 0 heterocycles.